The SMILES string of the molecule is O=S(=O)(Cc1ccccc1)Oc1cccc(C2CCCC2)c1. The smallest absolute Gasteiger partial charge is 0.313 e. The maximum absolute atomic E-state index is 12.2. The Kier molecular flexibility index (Phi) is 4.48. The maximum Gasteiger partial charge on any atom is 0.313 e. The molecule has 0 unspecified atom stereocenters. The van der Waals surface area contributed by atoms with Gasteiger partial charge >= 0.3 is 10.1 Å². The molecule has 0 radical (unpaired) electrons. The predicted molar refractivity (Wildman–Crippen MR) is 87.3 cm³/mol. The van der Waals surface area contributed by atoms with Gasteiger partial charge in [0.05, 0.1) is 0 Å². The molecule has 22 heavy (non-hydrogen) atoms. The monoisotopic (exact) mass is 316 g/mol. The minimum absolute atomic E-state index is 0.110. The molecular formula is C18H20O3S. The van der Waals surface area contributed by atoms with Crippen molar-refractivity contribution in [2.24, 2.45) is 0 Å². The average Bonchev–Trinajstić information content (AvgIpc) is 3.02. The summed E-state index contributed by atoms with van der Waals surface area (Å²) in [5, 5.41) is 0. The molecule has 116 valence electrons. The fraction of sp³-hybridized carbons (Fsp3) is 0.333. The van der Waals surface area contributed by atoms with Crippen LogP contribution in [0.15, 0.2) is 54.6 Å². The van der Waals surface area contributed by atoms with E-state index in [9.17, 15) is 8.42 Å². The lowest BCUT2D eigenvalue weighted by Crippen LogP contribution is -2.12. The highest BCUT2D eigenvalue weighted by Crippen LogP contribution is 2.35. The zero-order chi connectivity index (χ0) is 15.4. The lowest BCUT2D eigenvalue weighted by Gasteiger charge is -2.12. The van der Waals surface area contributed by atoms with Crippen molar-refractivity contribution >= 4 is 10.1 Å². The van der Waals surface area contributed by atoms with Crippen LogP contribution in [0.25, 0.3) is 0 Å². The van der Waals surface area contributed by atoms with Gasteiger partial charge in [-0.3, -0.25) is 0 Å². The molecule has 2 aromatic carbocycles. The Hall–Kier alpha value is -1.81. The third-order valence-corrected chi connectivity index (χ3v) is 5.23. The van der Waals surface area contributed by atoms with Crippen LogP contribution in [-0.2, 0) is 15.9 Å². The van der Waals surface area contributed by atoms with Crippen LogP contribution in [0.3, 0.4) is 0 Å². The average molecular weight is 316 g/mol. The van der Waals surface area contributed by atoms with Crippen LogP contribution in [0.5, 0.6) is 5.75 Å². The second-order valence-corrected chi connectivity index (χ2v) is 7.40. The third-order valence-electron chi connectivity index (χ3n) is 4.09. The van der Waals surface area contributed by atoms with Crippen LogP contribution < -0.4 is 4.18 Å². The first-order valence-corrected chi connectivity index (χ1v) is 9.26. The van der Waals surface area contributed by atoms with Crippen molar-refractivity contribution in [1.29, 1.82) is 0 Å². The van der Waals surface area contributed by atoms with E-state index in [1.54, 1.807) is 18.2 Å². The lowest BCUT2D eigenvalue weighted by atomic mass is 9.98. The van der Waals surface area contributed by atoms with Gasteiger partial charge in [-0.15, -0.1) is 0 Å². The van der Waals surface area contributed by atoms with Gasteiger partial charge < -0.3 is 4.18 Å². The fourth-order valence-corrected chi connectivity index (χ4v) is 4.09. The normalized spacial score (nSPS) is 15.8. The Labute approximate surface area is 132 Å². The fourth-order valence-electron chi connectivity index (χ4n) is 3.03. The molecule has 0 atom stereocenters. The summed E-state index contributed by atoms with van der Waals surface area (Å²) in [6, 6.07) is 16.6. The molecule has 4 heteroatoms. The minimum atomic E-state index is -3.63. The maximum atomic E-state index is 12.2. The van der Waals surface area contributed by atoms with E-state index in [0.717, 1.165) is 5.56 Å². The van der Waals surface area contributed by atoms with Gasteiger partial charge in [0.15, 0.2) is 0 Å². The molecule has 1 aliphatic carbocycles. The van der Waals surface area contributed by atoms with E-state index in [2.05, 4.69) is 6.07 Å². The summed E-state index contributed by atoms with van der Waals surface area (Å²) in [5.41, 5.74) is 1.92. The number of rotatable bonds is 5. The first-order valence-electron chi connectivity index (χ1n) is 7.68. The molecule has 0 N–H and O–H groups in total. The van der Waals surface area contributed by atoms with Crippen LogP contribution >= 0.6 is 0 Å². The summed E-state index contributed by atoms with van der Waals surface area (Å²) in [4.78, 5) is 0. The minimum Gasteiger partial charge on any atom is -0.382 e. The molecule has 0 spiro atoms. The summed E-state index contributed by atoms with van der Waals surface area (Å²) >= 11 is 0. The zero-order valence-electron chi connectivity index (χ0n) is 12.4. The van der Waals surface area contributed by atoms with Crippen molar-refractivity contribution in [2.45, 2.75) is 37.4 Å². The molecule has 2 aromatic rings. The summed E-state index contributed by atoms with van der Waals surface area (Å²) in [5.74, 6) is 0.849. The van der Waals surface area contributed by atoms with E-state index < -0.39 is 10.1 Å². The van der Waals surface area contributed by atoms with E-state index >= 15 is 0 Å². The zero-order valence-corrected chi connectivity index (χ0v) is 13.3. The number of benzene rings is 2. The molecule has 0 aliphatic heterocycles. The Balaban J connectivity index is 1.73. The van der Waals surface area contributed by atoms with Crippen molar-refractivity contribution < 1.29 is 12.6 Å². The van der Waals surface area contributed by atoms with Gasteiger partial charge in [0.2, 0.25) is 0 Å². The highest BCUT2D eigenvalue weighted by Gasteiger charge is 2.19. The van der Waals surface area contributed by atoms with Gasteiger partial charge in [0, 0.05) is 0 Å². The van der Waals surface area contributed by atoms with Crippen LogP contribution in [0.2, 0.25) is 0 Å². The molecule has 1 aliphatic rings. The van der Waals surface area contributed by atoms with Crippen molar-refractivity contribution in [3.63, 3.8) is 0 Å². The largest absolute Gasteiger partial charge is 0.382 e. The van der Waals surface area contributed by atoms with Gasteiger partial charge in [0.1, 0.15) is 11.5 Å². The second-order valence-electron chi connectivity index (χ2n) is 5.82. The number of hydrogen-bond acceptors (Lipinski definition) is 3. The number of hydrogen-bond donors (Lipinski definition) is 0. The van der Waals surface area contributed by atoms with Crippen molar-refractivity contribution in [3.05, 3.63) is 65.7 Å². The molecule has 3 rings (SSSR count). The van der Waals surface area contributed by atoms with E-state index in [0.29, 0.717) is 11.7 Å². The van der Waals surface area contributed by atoms with Gasteiger partial charge in [0.25, 0.3) is 0 Å². The molecule has 1 saturated carbocycles. The second kappa shape index (κ2) is 6.53. The highest BCUT2D eigenvalue weighted by molar-refractivity contribution is 7.86. The third kappa shape index (κ3) is 3.89. The molecule has 0 saturated heterocycles. The molecule has 0 amide bonds. The molecule has 0 bridgehead atoms. The van der Waals surface area contributed by atoms with Crippen LogP contribution in [0.1, 0.15) is 42.7 Å². The summed E-state index contributed by atoms with van der Waals surface area (Å²) in [6.07, 6.45) is 4.87. The first kappa shape index (κ1) is 15.1. The van der Waals surface area contributed by atoms with Crippen LogP contribution in [0.4, 0.5) is 0 Å². The Morgan fingerprint density at radius 2 is 1.68 bits per heavy atom. The summed E-state index contributed by atoms with van der Waals surface area (Å²) in [7, 11) is -3.63. The Bertz CT molecular complexity index is 717. The summed E-state index contributed by atoms with van der Waals surface area (Å²) in [6.45, 7) is 0. The molecule has 1 fully saturated rings. The van der Waals surface area contributed by atoms with E-state index in [1.807, 2.05) is 30.3 Å². The molecule has 0 aromatic heterocycles. The van der Waals surface area contributed by atoms with E-state index in [1.165, 1.54) is 31.2 Å². The molecule has 3 nitrogen and oxygen atoms in total. The Morgan fingerprint density at radius 3 is 2.41 bits per heavy atom. The summed E-state index contributed by atoms with van der Waals surface area (Å²) < 4.78 is 29.6. The van der Waals surface area contributed by atoms with E-state index in [4.69, 9.17) is 4.18 Å². The van der Waals surface area contributed by atoms with Crippen molar-refractivity contribution in [1.82, 2.24) is 0 Å². The standard InChI is InChI=1S/C18H20O3S/c19-22(20,14-15-7-2-1-3-8-15)21-18-12-6-11-17(13-18)16-9-4-5-10-16/h1-3,6-8,11-13,16H,4-5,9-10,14H2. The lowest BCUT2D eigenvalue weighted by molar-refractivity contribution is 0.484. The molecular weight excluding hydrogens is 296 g/mol. The van der Waals surface area contributed by atoms with Gasteiger partial charge in [-0.1, -0.05) is 55.3 Å². The molecule has 0 heterocycles. The van der Waals surface area contributed by atoms with Gasteiger partial charge in [-0.05, 0) is 42.0 Å². The van der Waals surface area contributed by atoms with Gasteiger partial charge in [-0.2, -0.15) is 8.42 Å². The highest BCUT2D eigenvalue weighted by atomic mass is 32.2. The Morgan fingerprint density at radius 1 is 0.955 bits per heavy atom. The van der Waals surface area contributed by atoms with Crippen LogP contribution in [-0.4, -0.2) is 8.42 Å². The topological polar surface area (TPSA) is 43.4 Å². The van der Waals surface area contributed by atoms with Crippen molar-refractivity contribution in [2.75, 3.05) is 0 Å². The van der Waals surface area contributed by atoms with Crippen LogP contribution in [0, 0.1) is 0 Å². The van der Waals surface area contributed by atoms with E-state index in [-0.39, 0.29) is 5.75 Å². The predicted octanol–water partition coefficient (Wildman–Crippen LogP) is 4.25. The first-order chi connectivity index (χ1) is 10.6. The van der Waals surface area contributed by atoms with Gasteiger partial charge in [-0.25, -0.2) is 0 Å². The van der Waals surface area contributed by atoms with Crippen molar-refractivity contribution in [3.8, 4) is 5.75 Å². The quantitative estimate of drug-likeness (QED) is 0.774.